The Morgan fingerprint density at radius 1 is 1.02 bits per heavy atom. The van der Waals surface area contributed by atoms with Crippen LogP contribution in [0.4, 0.5) is 11.5 Å². The number of benzene rings is 2. The van der Waals surface area contributed by atoms with Crippen molar-refractivity contribution in [3.63, 3.8) is 0 Å². The summed E-state index contributed by atoms with van der Waals surface area (Å²) in [7, 11) is -3.92. The fourth-order valence-corrected chi connectivity index (χ4v) is 7.31. The second kappa shape index (κ2) is 11.6. The lowest BCUT2D eigenvalue weighted by atomic mass is 10.2. The fourth-order valence-electron chi connectivity index (χ4n) is 4.93. The van der Waals surface area contributed by atoms with Gasteiger partial charge in [-0.2, -0.15) is 4.31 Å². The fraction of sp³-hybridized carbons (Fsp3) is 0.423. The Bertz CT molecular complexity index is 1520. The molecule has 0 saturated carbocycles. The van der Waals surface area contributed by atoms with Crippen molar-refractivity contribution in [2.45, 2.75) is 36.0 Å². The van der Waals surface area contributed by atoms with Crippen LogP contribution in [0.1, 0.15) is 13.8 Å². The molecule has 2 fully saturated rings. The number of carbonyl (C=O) groups is 1. The van der Waals surface area contributed by atoms with E-state index in [1.54, 1.807) is 4.90 Å². The Morgan fingerprint density at radius 3 is 2.33 bits per heavy atom. The average molecular weight is 587 g/mol. The molecular weight excluding hydrogens is 556 g/mol. The maximum Gasteiger partial charge on any atom is 0.270 e. The highest BCUT2D eigenvalue weighted by molar-refractivity contribution is 8.00. The molecule has 12 nitrogen and oxygen atoms in total. The third-order valence-corrected chi connectivity index (χ3v) is 9.66. The molecule has 1 amide bonds. The van der Waals surface area contributed by atoms with Gasteiger partial charge in [0.05, 0.1) is 38.8 Å². The molecule has 3 aromatic rings. The molecule has 2 saturated heterocycles. The van der Waals surface area contributed by atoms with Gasteiger partial charge < -0.3 is 14.5 Å². The van der Waals surface area contributed by atoms with Crippen molar-refractivity contribution in [3.05, 3.63) is 58.6 Å². The quantitative estimate of drug-likeness (QED) is 0.231. The molecule has 0 spiro atoms. The minimum Gasteiger partial charge on any atom is -0.372 e. The summed E-state index contributed by atoms with van der Waals surface area (Å²) in [6.45, 7) is 6.03. The summed E-state index contributed by atoms with van der Waals surface area (Å²) in [6, 6.07) is 12.6. The van der Waals surface area contributed by atoms with Gasteiger partial charge in [0, 0.05) is 51.4 Å². The standard InChI is InChI=1S/C26H30N6O6S2/c1-18-15-30(16-19(2)38-18)25-26(28-23-9-4-3-8-22(23)27-25)39-17-24(33)29-10-12-31(13-11-29)40(36,37)21-7-5-6-20(14-21)32(34)35/h3-9,14,18-19H,10-13,15-17H2,1-2H3. The SMILES string of the molecule is CC1CN(c2nc3ccccc3nc2SCC(=O)N2CCN(S(=O)(=O)c3cccc([N+](=O)[O-])c3)CC2)CC(C)O1. The number of nitro groups is 1. The van der Waals surface area contributed by atoms with Crippen LogP contribution in [0.25, 0.3) is 11.0 Å². The van der Waals surface area contributed by atoms with E-state index in [9.17, 15) is 23.3 Å². The monoisotopic (exact) mass is 586 g/mol. The number of hydrogen-bond acceptors (Lipinski definition) is 10. The lowest BCUT2D eigenvalue weighted by molar-refractivity contribution is -0.385. The first-order valence-electron chi connectivity index (χ1n) is 12.9. The van der Waals surface area contributed by atoms with E-state index in [1.165, 1.54) is 34.3 Å². The number of nitrogens with zero attached hydrogens (tertiary/aromatic N) is 6. The van der Waals surface area contributed by atoms with Crippen LogP contribution in [0.3, 0.4) is 0 Å². The number of piperazine rings is 1. The number of thioether (sulfide) groups is 1. The zero-order valence-electron chi connectivity index (χ0n) is 22.2. The predicted molar refractivity (Wildman–Crippen MR) is 151 cm³/mol. The molecule has 40 heavy (non-hydrogen) atoms. The summed E-state index contributed by atoms with van der Waals surface area (Å²) in [5.41, 5.74) is 1.24. The molecule has 14 heteroatoms. The molecule has 0 bridgehead atoms. The number of nitro benzene ring substituents is 1. The first-order chi connectivity index (χ1) is 19.1. The van der Waals surface area contributed by atoms with Gasteiger partial charge in [-0.05, 0) is 32.0 Å². The van der Waals surface area contributed by atoms with Gasteiger partial charge in [-0.3, -0.25) is 14.9 Å². The number of para-hydroxylation sites is 2. The van der Waals surface area contributed by atoms with Crippen molar-refractivity contribution in [3.8, 4) is 0 Å². The first kappa shape index (κ1) is 28.2. The van der Waals surface area contributed by atoms with Crippen LogP contribution >= 0.6 is 11.8 Å². The van der Waals surface area contributed by atoms with Gasteiger partial charge in [0.2, 0.25) is 15.9 Å². The van der Waals surface area contributed by atoms with Crippen LogP contribution in [-0.2, 0) is 19.6 Å². The average Bonchev–Trinajstić information content (AvgIpc) is 2.95. The minimum absolute atomic E-state index is 0.0334. The lowest BCUT2D eigenvalue weighted by Gasteiger charge is -2.36. The highest BCUT2D eigenvalue weighted by Crippen LogP contribution is 2.31. The summed E-state index contributed by atoms with van der Waals surface area (Å²) in [5, 5.41) is 11.7. The minimum atomic E-state index is -3.92. The molecule has 0 N–H and O–H groups in total. The van der Waals surface area contributed by atoms with E-state index in [0.29, 0.717) is 18.1 Å². The lowest BCUT2D eigenvalue weighted by Crippen LogP contribution is -2.51. The van der Waals surface area contributed by atoms with Gasteiger partial charge in [0.15, 0.2) is 5.82 Å². The van der Waals surface area contributed by atoms with Gasteiger partial charge in [-0.1, -0.05) is 30.0 Å². The molecule has 2 aliphatic rings. The molecule has 2 aliphatic heterocycles. The number of aromatic nitrogens is 2. The summed E-state index contributed by atoms with van der Waals surface area (Å²) in [5.74, 6) is 0.737. The van der Waals surface area contributed by atoms with E-state index in [1.807, 2.05) is 38.1 Å². The second-order valence-electron chi connectivity index (χ2n) is 9.83. The van der Waals surface area contributed by atoms with Crippen LogP contribution in [0.5, 0.6) is 0 Å². The van der Waals surface area contributed by atoms with Crippen molar-refractivity contribution < 1.29 is 22.9 Å². The number of anilines is 1. The highest BCUT2D eigenvalue weighted by Gasteiger charge is 2.32. The van der Waals surface area contributed by atoms with E-state index in [2.05, 4.69) is 4.90 Å². The molecule has 2 atom stereocenters. The largest absolute Gasteiger partial charge is 0.372 e. The van der Waals surface area contributed by atoms with Crippen LogP contribution in [0.2, 0.25) is 0 Å². The number of hydrogen-bond donors (Lipinski definition) is 0. The number of carbonyl (C=O) groups excluding carboxylic acids is 1. The van der Waals surface area contributed by atoms with Gasteiger partial charge >= 0.3 is 0 Å². The van der Waals surface area contributed by atoms with Crippen LogP contribution in [0.15, 0.2) is 58.5 Å². The second-order valence-corrected chi connectivity index (χ2v) is 12.7. The van der Waals surface area contributed by atoms with Crippen LogP contribution in [0, 0.1) is 10.1 Å². The number of sulfonamides is 1. The van der Waals surface area contributed by atoms with Crippen molar-refractivity contribution >= 4 is 50.2 Å². The molecule has 1 aromatic heterocycles. The van der Waals surface area contributed by atoms with Crippen molar-refractivity contribution in [2.75, 3.05) is 49.9 Å². The summed E-state index contributed by atoms with van der Waals surface area (Å²) < 4.78 is 33.3. The zero-order chi connectivity index (χ0) is 28.4. The van der Waals surface area contributed by atoms with E-state index >= 15 is 0 Å². The van der Waals surface area contributed by atoms with E-state index in [0.717, 1.165) is 22.9 Å². The number of amides is 1. The third kappa shape index (κ3) is 6.04. The molecular formula is C26H30N6O6S2. The predicted octanol–water partition coefficient (Wildman–Crippen LogP) is 2.78. The van der Waals surface area contributed by atoms with Gasteiger partial charge in [0.1, 0.15) is 5.03 Å². The number of morpholine rings is 1. The van der Waals surface area contributed by atoms with E-state index in [4.69, 9.17) is 14.7 Å². The highest BCUT2D eigenvalue weighted by atomic mass is 32.2. The van der Waals surface area contributed by atoms with Crippen molar-refractivity contribution in [1.82, 2.24) is 19.2 Å². The van der Waals surface area contributed by atoms with Crippen LogP contribution in [-0.4, -0.2) is 95.7 Å². The van der Waals surface area contributed by atoms with Crippen LogP contribution < -0.4 is 4.90 Å². The normalized spacial score (nSPS) is 20.6. The van der Waals surface area contributed by atoms with Gasteiger partial charge in [-0.25, -0.2) is 18.4 Å². The summed E-state index contributed by atoms with van der Waals surface area (Å²) in [4.78, 5) is 37.0. The molecule has 0 radical (unpaired) electrons. The first-order valence-corrected chi connectivity index (χ1v) is 15.4. The van der Waals surface area contributed by atoms with Crippen molar-refractivity contribution in [1.29, 1.82) is 0 Å². The Kier molecular flexibility index (Phi) is 8.21. The Balaban J connectivity index is 1.26. The van der Waals surface area contributed by atoms with Gasteiger partial charge in [-0.15, -0.1) is 0 Å². The maximum absolute atomic E-state index is 13.2. The Hall–Kier alpha value is -3.33. The number of fused-ring (bicyclic) bond motifs is 1. The molecule has 5 rings (SSSR count). The molecule has 212 valence electrons. The number of ether oxygens (including phenoxy) is 1. The van der Waals surface area contributed by atoms with E-state index in [-0.39, 0.29) is 60.6 Å². The van der Waals surface area contributed by atoms with Crippen molar-refractivity contribution in [2.24, 2.45) is 0 Å². The summed E-state index contributed by atoms with van der Waals surface area (Å²) in [6.07, 6.45) is 0.0669. The molecule has 3 heterocycles. The Morgan fingerprint density at radius 2 is 1.68 bits per heavy atom. The third-order valence-electron chi connectivity index (χ3n) is 6.83. The topological polar surface area (TPSA) is 139 Å². The number of non-ortho nitro benzene ring substituents is 1. The molecule has 2 aromatic carbocycles. The maximum atomic E-state index is 13.2. The smallest absolute Gasteiger partial charge is 0.270 e. The number of rotatable bonds is 7. The van der Waals surface area contributed by atoms with Gasteiger partial charge in [0.25, 0.3) is 5.69 Å². The Labute approximate surface area is 236 Å². The zero-order valence-corrected chi connectivity index (χ0v) is 23.8. The van der Waals surface area contributed by atoms with E-state index < -0.39 is 14.9 Å². The summed E-state index contributed by atoms with van der Waals surface area (Å²) >= 11 is 1.32. The molecule has 0 aliphatic carbocycles. The molecule has 2 unspecified atom stereocenters.